The molecule has 0 N–H and O–H groups in total. The number of piperidine rings is 1. The number of hydrogen-bond acceptors (Lipinski definition) is 4. The molecular weight excluding hydrogens is 593 g/mol. The van der Waals surface area contributed by atoms with Crippen LogP contribution in [0.5, 0.6) is 5.75 Å². The number of alkyl halides is 1. The van der Waals surface area contributed by atoms with Gasteiger partial charge in [0.25, 0.3) is 0 Å². The Labute approximate surface area is 259 Å². The van der Waals surface area contributed by atoms with E-state index < -0.39 is 5.85 Å². The average molecular weight is 639 g/mol. The molecule has 226 valence electrons. The zero-order chi connectivity index (χ0) is 29.9. The summed E-state index contributed by atoms with van der Waals surface area (Å²) in [6, 6.07) is 17.4. The molecule has 4 nitrogen and oxygen atoms in total. The molecule has 0 bridgehead atoms. The molecule has 0 aromatic heterocycles. The van der Waals surface area contributed by atoms with Crippen LogP contribution in [0.4, 0.5) is 4.39 Å². The van der Waals surface area contributed by atoms with E-state index in [1.54, 1.807) is 31.2 Å². The summed E-state index contributed by atoms with van der Waals surface area (Å²) in [6.07, 6.45) is 2.97. The summed E-state index contributed by atoms with van der Waals surface area (Å²) in [6.45, 7) is 13.8. The first-order valence-electron chi connectivity index (χ1n) is 14.3. The molecule has 4 rings (SSSR count). The third kappa shape index (κ3) is 8.84. The van der Waals surface area contributed by atoms with Gasteiger partial charge in [0.05, 0.1) is 0 Å². The Kier molecular flexibility index (Phi) is 10.9. The van der Waals surface area contributed by atoms with E-state index in [1.807, 2.05) is 12.1 Å². The van der Waals surface area contributed by atoms with Crippen LogP contribution >= 0.6 is 15.9 Å². The Balaban J connectivity index is 0.00000484. The summed E-state index contributed by atoms with van der Waals surface area (Å²) >= 11 is 3.53. The third-order valence-corrected chi connectivity index (χ3v) is 8.84. The minimum absolute atomic E-state index is 0. The van der Waals surface area contributed by atoms with Crippen LogP contribution < -0.4 is 4.74 Å². The van der Waals surface area contributed by atoms with Gasteiger partial charge in [-0.15, -0.1) is 0 Å². The van der Waals surface area contributed by atoms with Crippen molar-refractivity contribution in [1.82, 2.24) is 4.90 Å². The Hall–Kier alpha value is -2.83. The highest BCUT2D eigenvalue weighted by molar-refractivity contribution is 9.10. The largest absolute Gasteiger partial charge is 0.459 e. The summed E-state index contributed by atoms with van der Waals surface area (Å²) in [5.74, 6) is -1.40. The van der Waals surface area contributed by atoms with Crippen molar-refractivity contribution in [3.8, 4) is 5.75 Å². The molecule has 1 aliphatic rings. The smallest absolute Gasteiger partial charge is 0.242 e. The van der Waals surface area contributed by atoms with E-state index >= 15 is 0 Å². The molecule has 0 amide bonds. The van der Waals surface area contributed by atoms with Gasteiger partial charge in [-0.05, 0) is 111 Å². The van der Waals surface area contributed by atoms with Crippen LogP contribution in [0, 0.1) is 19.3 Å². The molecule has 1 heterocycles. The molecule has 0 unspecified atom stereocenters. The topological polar surface area (TPSA) is 46.6 Å². The predicted octanol–water partition coefficient (Wildman–Crippen LogP) is 9.26. The van der Waals surface area contributed by atoms with E-state index in [1.165, 1.54) is 30.5 Å². The zero-order valence-electron chi connectivity index (χ0n) is 25.1. The molecule has 1 fully saturated rings. The molecule has 0 saturated carbocycles. The van der Waals surface area contributed by atoms with E-state index in [9.17, 15) is 14.0 Å². The molecule has 1 aliphatic heterocycles. The van der Waals surface area contributed by atoms with Crippen LogP contribution in [0.25, 0.3) is 0 Å². The van der Waals surface area contributed by atoms with Crippen molar-refractivity contribution >= 4 is 27.5 Å². The Morgan fingerprint density at radius 2 is 1.57 bits per heavy atom. The highest BCUT2D eigenvalue weighted by Crippen LogP contribution is 2.37. The number of carbonyl (C=O) groups excluding carboxylic acids is 2. The molecule has 6 heteroatoms. The van der Waals surface area contributed by atoms with Crippen molar-refractivity contribution in [2.45, 2.75) is 87.1 Å². The molecule has 0 spiro atoms. The van der Waals surface area contributed by atoms with Crippen LogP contribution in [-0.4, -0.2) is 35.4 Å². The molecule has 3 aromatic rings. The van der Waals surface area contributed by atoms with E-state index in [0.29, 0.717) is 21.3 Å². The monoisotopic (exact) mass is 637 g/mol. The van der Waals surface area contributed by atoms with Crippen molar-refractivity contribution in [2.75, 3.05) is 13.1 Å². The lowest BCUT2D eigenvalue weighted by atomic mass is 9.74. The van der Waals surface area contributed by atoms with Crippen molar-refractivity contribution < 1.29 is 18.7 Å². The molecular formula is C36H45BrFNO3. The number of ketones is 2. The number of aryl methyl sites for hydroxylation is 2. The Morgan fingerprint density at radius 1 is 0.952 bits per heavy atom. The number of hydrogen-bond donors (Lipinski definition) is 0. The van der Waals surface area contributed by atoms with Crippen LogP contribution in [0.15, 0.2) is 59.1 Å². The number of likely N-dealkylation sites (tertiary alicyclic amines) is 1. The quantitative estimate of drug-likeness (QED) is 0.208. The molecule has 42 heavy (non-hydrogen) atoms. The zero-order valence-corrected chi connectivity index (χ0v) is 26.7. The van der Waals surface area contributed by atoms with E-state index in [-0.39, 0.29) is 30.8 Å². The normalized spacial score (nSPS) is 15.1. The number of ether oxygens (including phenoxy) is 1. The van der Waals surface area contributed by atoms with Gasteiger partial charge in [-0.3, -0.25) is 14.5 Å². The molecule has 0 aliphatic carbocycles. The van der Waals surface area contributed by atoms with E-state index in [4.69, 9.17) is 4.74 Å². The molecule has 1 saturated heterocycles. The Bertz CT molecular complexity index is 1420. The van der Waals surface area contributed by atoms with E-state index in [2.05, 4.69) is 59.8 Å². The van der Waals surface area contributed by atoms with Crippen LogP contribution in [0.2, 0.25) is 0 Å². The minimum atomic E-state index is -1.77. The van der Waals surface area contributed by atoms with Gasteiger partial charge in [0.1, 0.15) is 5.75 Å². The highest BCUT2D eigenvalue weighted by atomic mass is 79.9. The van der Waals surface area contributed by atoms with Gasteiger partial charge in [-0.25, -0.2) is 0 Å². The number of Topliss-reactive ketones (excluding diaryl/α,β-unsaturated/α-hetero) is 2. The van der Waals surface area contributed by atoms with Crippen LogP contribution in [0.1, 0.15) is 96.5 Å². The second-order valence-corrected chi connectivity index (χ2v) is 13.3. The van der Waals surface area contributed by atoms with Crippen molar-refractivity contribution in [3.05, 3.63) is 98.0 Å². The van der Waals surface area contributed by atoms with Crippen molar-refractivity contribution in [1.29, 1.82) is 0 Å². The number of carbonyl (C=O) groups is 2. The van der Waals surface area contributed by atoms with Gasteiger partial charge in [0.15, 0.2) is 11.6 Å². The summed E-state index contributed by atoms with van der Waals surface area (Å²) in [5.41, 5.74) is 7.00. The lowest BCUT2D eigenvalue weighted by Gasteiger charge is -2.40. The SMILES string of the molecule is C.CC(=O)c1cc(CC2(C)CCN(Cc3ccc(C)c(C)c3)CC2)c(C(=O)Cc2ccc(OC(C)(C)F)cc2)cc1Br. The third-order valence-electron chi connectivity index (χ3n) is 8.18. The lowest BCUT2D eigenvalue weighted by Crippen LogP contribution is -2.39. The van der Waals surface area contributed by atoms with Gasteiger partial charge >= 0.3 is 0 Å². The maximum absolute atomic E-state index is 13.8. The number of rotatable bonds is 10. The second-order valence-electron chi connectivity index (χ2n) is 12.4. The fourth-order valence-corrected chi connectivity index (χ4v) is 6.20. The van der Waals surface area contributed by atoms with Crippen LogP contribution in [-0.2, 0) is 19.4 Å². The number of benzene rings is 3. The highest BCUT2D eigenvalue weighted by Gasteiger charge is 2.32. The predicted molar refractivity (Wildman–Crippen MR) is 173 cm³/mol. The van der Waals surface area contributed by atoms with Crippen LogP contribution in [0.3, 0.4) is 0 Å². The molecule has 3 aromatic carbocycles. The standard InChI is InChI=1S/C35H41BrFNO3.CH4/c1-23-7-8-27(17-24(23)2)22-38-15-13-35(6,14-16-38)21-28-19-30(25(3)39)32(36)20-31(28)33(40)18-26-9-11-29(12-10-26)41-34(4,5)37;/h7-12,17,19-20H,13-16,18,21-22H2,1-6H3;1H4. The summed E-state index contributed by atoms with van der Waals surface area (Å²) in [7, 11) is 0. The Morgan fingerprint density at radius 3 is 2.14 bits per heavy atom. The average Bonchev–Trinajstić information content (AvgIpc) is 2.88. The summed E-state index contributed by atoms with van der Waals surface area (Å²) in [5, 5.41) is 0. The summed E-state index contributed by atoms with van der Waals surface area (Å²) < 4.78 is 19.7. The first kappa shape index (κ1) is 33.7. The second kappa shape index (κ2) is 13.6. The maximum Gasteiger partial charge on any atom is 0.242 e. The van der Waals surface area contributed by atoms with Gasteiger partial charge in [-0.2, -0.15) is 4.39 Å². The van der Waals surface area contributed by atoms with E-state index in [0.717, 1.165) is 50.0 Å². The lowest BCUT2D eigenvalue weighted by molar-refractivity contribution is -0.0257. The van der Waals surface area contributed by atoms with Crippen molar-refractivity contribution in [3.63, 3.8) is 0 Å². The van der Waals surface area contributed by atoms with Crippen molar-refractivity contribution in [2.24, 2.45) is 5.41 Å². The first-order chi connectivity index (χ1) is 19.2. The maximum atomic E-state index is 13.8. The number of nitrogens with zero attached hydrogens (tertiary/aromatic N) is 1. The van der Waals surface area contributed by atoms with Gasteiger partial charge in [0, 0.05) is 42.4 Å². The first-order valence-corrected chi connectivity index (χ1v) is 15.1. The minimum Gasteiger partial charge on any atom is -0.459 e. The number of halogens is 2. The summed E-state index contributed by atoms with van der Waals surface area (Å²) in [4.78, 5) is 28.5. The molecule has 0 radical (unpaired) electrons. The fourth-order valence-electron chi connectivity index (χ4n) is 5.58. The van der Waals surface area contributed by atoms with Gasteiger partial charge in [-0.1, -0.05) is 60.6 Å². The molecule has 0 atom stereocenters. The fraction of sp³-hybridized carbons (Fsp3) is 0.444. The van der Waals surface area contributed by atoms with Gasteiger partial charge < -0.3 is 4.74 Å². The van der Waals surface area contributed by atoms with Gasteiger partial charge in [0.2, 0.25) is 5.85 Å².